The van der Waals surface area contributed by atoms with E-state index >= 15 is 0 Å². The second kappa shape index (κ2) is 11.2. The van der Waals surface area contributed by atoms with Crippen LogP contribution in [0.4, 0.5) is 5.82 Å². The average Bonchev–Trinajstić information content (AvgIpc) is 2.77. The minimum absolute atomic E-state index is 0.0308. The zero-order chi connectivity index (χ0) is 25.9. The molecule has 1 aromatic heterocycles. The normalized spacial score (nSPS) is 17.2. The molecule has 4 rings (SSSR count). The SMILES string of the molecule is Cc1cc(C)c(S(=O)(=O)NC(CNC2CN(CCCc3ccc4c(n3)NCCC4)C2)C(=O)O)c(C)c1. The van der Waals surface area contributed by atoms with Crippen molar-refractivity contribution in [3.8, 4) is 0 Å². The summed E-state index contributed by atoms with van der Waals surface area (Å²) in [4.78, 5) is 19.0. The van der Waals surface area contributed by atoms with E-state index in [1.54, 1.807) is 26.0 Å². The van der Waals surface area contributed by atoms with E-state index in [0.717, 1.165) is 68.9 Å². The van der Waals surface area contributed by atoms with Crippen LogP contribution in [0.2, 0.25) is 0 Å². The van der Waals surface area contributed by atoms with Crippen molar-refractivity contribution < 1.29 is 18.3 Å². The molecule has 4 N–H and O–H groups in total. The van der Waals surface area contributed by atoms with E-state index < -0.39 is 22.0 Å². The number of pyridine rings is 1. The van der Waals surface area contributed by atoms with Gasteiger partial charge in [0.2, 0.25) is 10.0 Å². The van der Waals surface area contributed by atoms with Gasteiger partial charge in [-0.25, -0.2) is 13.4 Å². The molecule has 10 heteroatoms. The van der Waals surface area contributed by atoms with Gasteiger partial charge in [-0.1, -0.05) is 23.8 Å². The topological polar surface area (TPSA) is 124 Å². The van der Waals surface area contributed by atoms with E-state index in [2.05, 4.69) is 32.4 Å². The van der Waals surface area contributed by atoms with Crippen LogP contribution in [0.15, 0.2) is 29.2 Å². The number of benzene rings is 1. The van der Waals surface area contributed by atoms with Crippen molar-refractivity contribution in [3.05, 3.63) is 52.2 Å². The molecule has 2 aliphatic rings. The Morgan fingerprint density at radius 3 is 2.64 bits per heavy atom. The van der Waals surface area contributed by atoms with Gasteiger partial charge in [0.25, 0.3) is 0 Å². The number of anilines is 1. The number of carbonyl (C=O) groups is 1. The molecule has 2 aliphatic heterocycles. The van der Waals surface area contributed by atoms with Gasteiger partial charge in [-0.05, 0) is 75.8 Å². The molecule has 0 bridgehead atoms. The molecule has 1 unspecified atom stereocenters. The van der Waals surface area contributed by atoms with E-state index in [0.29, 0.717) is 11.1 Å². The van der Waals surface area contributed by atoms with Crippen molar-refractivity contribution >= 4 is 21.8 Å². The highest BCUT2D eigenvalue weighted by Crippen LogP contribution is 2.22. The Labute approximate surface area is 213 Å². The van der Waals surface area contributed by atoms with Gasteiger partial charge in [0.1, 0.15) is 11.9 Å². The molecular formula is C26H37N5O4S. The first kappa shape index (κ1) is 26.5. The molecule has 36 heavy (non-hydrogen) atoms. The number of aliphatic carboxylic acids is 1. The minimum Gasteiger partial charge on any atom is -0.480 e. The summed E-state index contributed by atoms with van der Waals surface area (Å²) in [6, 6.07) is 6.79. The quantitative estimate of drug-likeness (QED) is 0.358. The molecule has 1 atom stereocenters. The van der Waals surface area contributed by atoms with Crippen molar-refractivity contribution in [1.82, 2.24) is 19.9 Å². The van der Waals surface area contributed by atoms with Gasteiger partial charge in [-0.15, -0.1) is 0 Å². The molecule has 0 radical (unpaired) electrons. The van der Waals surface area contributed by atoms with Crippen LogP contribution in [-0.4, -0.2) is 74.2 Å². The predicted molar refractivity (Wildman–Crippen MR) is 140 cm³/mol. The minimum atomic E-state index is -3.97. The molecule has 0 spiro atoms. The fourth-order valence-corrected chi connectivity index (χ4v) is 6.82. The van der Waals surface area contributed by atoms with Gasteiger partial charge >= 0.3 is 5.97 Å². The number of sulfonamides is 1. The Morgan fingerprint density at radius 1 is 1.22 bits per heavy atom. The largest absolute Gasteiger partial charge is 0.480 e. The number of nitrogens with zero attached hydrogens (tertiary/aromatic N) is 2. The predicted octanol–water partition coefficient (Wildman–Crippen LogP) is 2.00. The number of likely N-dealkylation sites (tertiary alicyclic amines) is 1. The lowest BCUT2D eigenvalue weighted by molar-refractivity contribution is -0.138. The molecule has 1 fully saturated rings. The van der Waals surface area contributed by atoms with Gasteiger partial charge in [0.15, 0.2) is 0 Å². The number of rotatable bonds is 11. The lowest BCUT2D eigenvalue weighted by Crippen LogP contribution is -2.60. The number of hydrogen-bond donors (Lipinski definition) is 4. The molecule has 3 heterocycles. The van der Waals surface area contributed by atoms with Crippen LogP contribution in [0.3, 0.4) is 0 Å². The van der Waals surface area contributed by atoms with Gasteiger partial charge in [0, 0.05) is 37.9 Å². The van der Waals surface area contributed by atoms with E-state index in [4.69, 9.17) is 4.98 Å². The summed E-state index contributed by atoms with van der Waals surface area (Å²) in [6.45, 7) is 8.95. The summed E-state index contributed by atoms with van der Waals surface area (Å²) in [5.41, 5.74) is 4.58. The zero-order valence-corrected chi connectivity index (χ0v) is 22.1. The maximum absolute atomic E-state index is 13.0. The number of carboxylic acid groups (broad SMARTS) is 1. The summed E-state index contributed by atoms with van der Waals surface area (Å²) >= 11 is 0. The smallest absolute Gasteiger partial charge is 0.323 e. The molecule has 196 valence electrons. The molecule has 9 nitrogen and oxygen atoms in total. The summed E-state index contributed by atoms with van der Waals surface area (Å²) in [6.07, 6.45) is 4.17. The summed E-state index contributed by atoms with van der Waals surface area (Å²) < 4.78 is 28.3. The Hall–Kier alpha value is -2.53. The Morgan fingerprint density at radius 2 is 1.94 bits per heavy atom. The van der Waals surface area contributed by atoms with Crippen LogP contribution >= 0.6 is 0 Å². The van der Waals surface area contributed by atoms with Crippen molar-refractivity contribution in [2.24, 2.45) is 0 Å². The van der Waals surface area contributed by atoms with Crippen LogP contribution in [0, 0.1) is 20.8 Å². The van der Waals surface area contributed by atoms with E-state index in [9.17, 15) is 18.3 Å². The number of fused-ring (bicyclic) bond motifs is 1. The van der Waals surface area contributed by atoms with E-state index in [1.165, 1.54) is 5.56 Å². The molecule has 2 aromatic rings. The molecule has 0 aliphatic carbocycles. The second-order valence-electron chi connectivity index (χ2n) is 10.0. The first-order valence-electron chi connectivity index (χ1n) is 12.6. The Bertz CT molecular complexity index is 1190. The highest BCUT2D eigenvalue weighted by molar-refractivity contribution is 7.89. The monoisotopic (exact) mass is 515 g/mol. The zero-order valence-electron chi connectivity index (χ0n) is 21.3. The lowest BCUT2D eigenvalue weighted by Gasteiger charge is -2.40. The number of hydrogen-bond acceptors (Lipinski definition) is 7. The van der Waals surface area contributed by atoms with Crippen molar-refractivity contribution in [2.75, 3.05) is 38.0 Å². The van der Waals surface area contributed by atoms with Crippen LogP contribution in [0.5, 0.6) is 0 Å². The third-order valence-corrected chi connectivity index (χ3v) is 8.67. The third kappa shape index (κ3) is 6.42. The van der Waals surface area contributed by atoms with Crippen LogP contribution in [0.25, 0.3) is 0 Å². The molecule has 0 saturated carbocycles. The van der Waals surface area contributed by atoms with E-state index in [1.807, 2.05) is 6.92 Å². The number of nitrogens with one attached hydrogen (secondary N) is 3. The number of carboxylic acids is 1. The first-order chi connectivity index (χ1) is 17.1. The van der Waals surface area contributed by atoms with Crippen molar-refractivity contribution in [1.29, 1.82) is 0 Å². The lowest BCUT2D eigenvalue weighted by atomic mass is 10.1. The molecule has 1 saturated heterocycles. The maximum atomic E-state index is 13.0. The van der Waals surface area contributed by atoms with Gasteiger partial charge in [-0.2, -0.15) is 4.72 Å². The van der Waals surface area contributed by atoms with Gasteiger partial charge in [-0.3, -0.25) is 4.79 Å². The van der Waals surface area contributed by atoms with Crippen LogP contribution in [0.1, 0.15) is 40.8 Å². The fourth-order valence-electron chi connectivity index (χ4n) is 5.17. The van der Waals surface area contributed by atoms with Crippen molar-refractivity contribution in [2.45, 2.75) is 63.4 Å². The highest BCUT2D eigenvalue weighted by Gasteiger charge is 2.31. The number of aromatic nitrogens is 1. The number of aryl methyl sites for hydroxylation is 5. The maximum Gasteiger partial charge on any atom is 0.323 e. The summed E-state index contributed by atoms with van der Waals surface area (Å²) in [5, 5.41) is 16.2. The van der Waals surface area contributed by atoms with Gasteiger partial charge in [0.05, 0.1) is 4.90 Å². The summed E-state index contributed by atoms with van der Waals surface area (Å²) in [5.74, 6) is -0.167. The fraction of sp³-hybridized carbons (Fsp3) is 0.538. The summed E-state index contributed by atoms with van der Waals surface area (Å²) in [7, 11) is -3.97. The Balaban J connectivity index is 1.21. The second-order valence-corrected chi connectivity index (χ2v) is 11.7. The molecular weight excluding hydrogens is 478 g/mol. The van der Waals surface area contributed by atoms with Crippen molar-refractivity contribution in [3.63, 3.8) is 0 Å². The third-order valence-electron chi connectivity index (χ3n) is 6.90. The Kier molecular flexibility index (Phi) is 8.29. The standard InChI is InChI=1S/C26H37N5O4S/c1-17-12-18(2)24(19(3)13-17)36(34,35)30-23(26(32)33)14-28-22-15-31(16-22)11-5-7-21-9-8-20-6-4-10-27-25(20)29-21/h8-9,12-13,22-23,28,30H,4-7,10-11,14-16H2,1-3H3,(H,27,29)(H,32,33). The van der Waals surface area contributed by atoms with Crippen LogP contribution < -0.4 is 15.4 Å². The van der Waals surface area contributed by atoms with Crippen LogP contribution in [-0.2, 0) is 27.7 Å². The van der Waals surface area contributed by atoms with E-state index in [-0.39, 0.29) is 17.5 Å². The molecule has 0 amide bonds. The highest BCUT2D eigenvalue weighted by atomic mass is 32.2. The first-order valence-corrected chi connectivity index (χ1v) is 14.1. The average molecular weight is 516 g/mol. The van der Waals surface area contributed by atoms with Gasteiger partial charge < -0.3 is 20.6 Å². The molecule has 1 aromatic carbocycles.